The second-order valence-corrected chi connectivity index (χ2v) is 6.18. The summed E-state index contributed by atoms with van der Waals surface area (Å²) in [4.78, 5) is 27.1. The van der Waals surface area contributed by atoms with E-state index in [1.807, 2.05) is 0 Å². The van der Waals surface area contributed by atoms with Gasteiger partial charge in [0.2, 0.25) is 0 Å². The summed E-state index contributed by atoms with van der Waals surface area (Å²) < 4.78 is 21.0. The normalized spacial score (nSPS) is 16.7. The average Bonchev–Trinajstić information content (AvgIpc) is 1.81. The third kappa shape index (κ3) is 6.43. The minimum Gasteiger partial charge on any atom is -0.481 e. The molecule has 12 heavy (non-hydrogen) atoms. The maximum atomic E-state index is 10.9. The van der Waals surface area contributed by atoms with Crippen LogP contribution in [0, 0.1) is 0 Å². The van der Waals surface area contributed by atoms with Crippen LogP contribution in [0.15, 0.2) is 0 Å². The van der Waals surface area contributed by atoms with E-state index in [-0.39, 0.29) is 0 Å². The molecule has 0 rings (SSSR count). The zero-order valence-corrected chi connectivity index (χ0v) is 7.87. The smallest absolute Gasteiger partial charge is 0.481 e. The highest BCUT2D eigenvalue weighted by Crippen LogP contribution is 2.47. The zero-order valence-electron chi connectivity index (χ0n) is 6.08. The predicted octanol–water partition coefficient (Wildman–Crippen LogP) is 0.424. The quantitative estimate of drug-likeness (QED) is 0.573. The van der Waals surface area contributed by atoms with Crippen LogP contribution in [-0.2, 0) is 13.9 Å². The molecule has 0 saturated heterocycles. The number of carboxylic acid groups (broad SMARTS) is 1. The van der Waals surface area contributed by atoms with Crippen LogP contribution in [0.5, 0.6) is 0 Å². The third-order valence-corrected chi connectivity index (χ3v) is 4.68. The molecule has 0 aromatic rings. The van der Waals surface area contributed by atoms with Crippen molar-refractivity contribution in [1.82, 2.24) is 0 Å². The Hall–Kier alpha value is -0.280. The molecule has 0 aromatic heterocycles. The zero-order chi connectivity index (χ0) is 9.78. The standard InChI is InChI=1S/C4H8O6P2/c5-4(6)1-2-12(9,10)3-11(7)8/h1-3H2,(H2-,5,6,7,8,9,10)/p+1. The lowest BCUT2D eigenvalue weighted by molar-refractivity contribution is -0.136. The van der Waals surface area contributed by atoms with Crippen LogP contribution >= 0.6 is 15.4 Å². The van der Waals surface area contributed by atoms with Crippen molar-refractivity contribution in [2.45, 2.75) is 6.42 Å². The molecule has 0 fully saturated rings. The maximum absolute atomic E-state index is 10.9. The SMILES string of the molecule is O=C(O)CCP(=O)(O)C[P+](=O)O. The van der Waals surface area contributed by atoms with E-state index >= 15 is 0 Å². The highest BCUT2D eigenvalue weighted by atomic mass is 31.2. The average molecular weight is 215 g/mol. The van der Waals surface area contributed by atoms with Gasteiger partial charge in [-0.05, 0) is 4.57 Å². The van der Waals surface area contributed by atoms with Crippen molar-refractivity contribution in [2.75, 3.05) is 12.1 Å². The molecule has 0 radical (unpaired) electrons. The van der Waals surface area contributed by atoms with Gasteiger partial charge in [-0.3, -0.25) is 9.36 Å². The number of hydrogen-bond donors (Lipinski definition) is 3. The molecule has 8 heteroatoms. The van der Waals surface area contributed by atoms with Crippen LogP contribution < -0.4 is 0 Å². The molecule has 2 atom stereocenters. The van der Waals surface area contributed by atoms with E-state index in [0.717, 1.165) is 0 Å². The fraction of sp³-hybridized carbons (Fsp3) is 0.750. The fourth-order valence-corrected chi connectivity index (χ4v) is 3.15. The van der Waals surface area contributed by atoms with Gasteiger partial charge in [0.25, 0.3) is 13.3 Å². The van der Waals surface area contributed by atoms with E-state index < -0.39 is 39.9 Å². The molecule has 0 spiro atoms. The van der Waals surface area contributed by atoms with Crippen LogP contribution in [-0.4, -0.2) is 32.9 Å². The first-order valence-electron chi connectivity index (χ1n) is 3.00. The van der Waals surface area contributed by atoms with Gasteiger partial charge in [-0.2, -0.15) is 4.89 Å². The summed E-state index contributed by atoms with van der Waals surface area (Å²) in [5.74, 6) is -1.92. The van der Waals surface area contributed by atoms with Crippen molar-refractivity contribution in [2.24, 2.45) is 0 Å². The predicted molar refractivity (Wildman–Crippen MR) is 41.6 cm³/mol. The molecule has 3 N–H and O–H groups in total. The minimum absolute atomic E-state index is 0.454. The summed E-state index contributed by atoms with van der Waals surface area (Å²) in [7, 11) is -6.39. The third-order valence-electron chi connectivity index (χ3n) is 1.02. The van der Waals surface area contributed by atoms with Gasteiger partial charge in [0.15, 0.2) is 0 Å². The van der Waals surface area contributed by atoms with E-state index in [0.29, 0.717) is 0 Å². The van der Waals surface area contributed by atoms with Gasteiger partial charge >= 0.3 is 14.0 Å². The molecule has 0 heterocycles. The van der Waals surface area contributed by atoms with Gasteiger partial charge in [0.1, 0.15) is 0 Å². The lowest BCUT2D eigenvalue weighted by Gasteiger charge is -2.01. The van der Waals surface area contributed by atoms with E-state index in [9.17, 15) is 13.9 Å². The van der Waals surface area contributed by atoms with Crippen molar-refractivity contribution in [3.8, 4) is 0 Å². The summed E-state index contributed by atoms with van der Waals surface area (Å²) in [5.41, 5.74) is 0. The number of rotatable bonds is 5. The lowest BCUT2D eigenvalue weighted by Crippen LogP contribution is -2.00. The van der Waals surface area contributed by atoms with Crippen LogP contribution in [0.4, 0.5) is 0 Å². The van der Waals surface area contributed by atoms with Crippen LogP contribution in [0.3, 0.4) is 0 Å². The van der Waals surface area contributed by atoms with E-state index in [1.54, 1.807) is 0 Å². The Balaban J connectivity index is 3.96. The fourth-order valence-electron chi connectivity index (χ4n) is 0.530. The summed E-state index contributed by atoms with van der Waals surface area (Å²) in [6, 6.07) is 0. The van der Waals surface area contributed by atoms with Crippen molar-refractivity contribution in [3.05, 3.63) is 0 Å². The highest BCUT2D eigenvalue weighted by Gasteiger charge is 2.30. The largest absolute Gasteiger partial charge is 0.515 e. The van der Waals surface area contributed by atoms with Crippen molar-refractivity contribution < 1.29 is 28.8 Å². The molecule has 6 nitrogen and oxygen atoms in total. The highest BCUT2D eigenvalue weighted by molar-refractivity contribution is 7.68. The van der Waals surface area contributed by atoms with Gasteiger partial charge in [-0.25, -0.2) is 0 Å². The minimum atomic E-state index is -3.72. The Kier molecular flexibility index (Phi) is 4.57. The van der Waals surface area contributed by atoms with Crippen LogP contribution in [0.2, 0.25) is 0 Å². The van der Waals surface area contributed by atoms with Crippen LogP contribution in [0.25, 0.3) is 0 Å². The summed E-state index contributed by atoms with van der Waals surface area (Å²) in [6.45, 7) is 0. The molecule has 0 saturated carbocycles. The van der Waals surface area contributed by atoms with Gasteiger partial charge in [0, 0.05) is 6.16 Å². The maximum Gasteiger partial charge on any atom is 0.515 e. The molecule has 0 amide bonds. The summed E-state index contributed by atoms with van der Waals surface area (Å²) in [6.07, 6.45) is -0.916. The van der Waals surface area contributed by atoms with Gasteiger partial charge in [0.05, 0.1) is 6.42 Å². The Bertz CT molecular complexity index is 236. The van der Waals surface area contributed by atoms with Crippen molar-refractivity contribution in [1.29, 1.82) is 0 Å². The van der Waals surface area contributed by atoms with Crippen LogP contribution in [0.1, 0.15) is 6.42 Å². The molecule has 0 aliphatic carbocycles. The molecule has 2 unspecified atom stereocenters. The monoisotopic (exact) mass is 215 g/mol. The van der Waals surface area contributed by atoms with Gasteiger partial charge < -0.3 is 10.00 Å². The Morgan fingerprint density at radius 3 is 2.33 bits per heavy atom. The van der Waals surface area contributed by atoms with E-state index in [4.69, 9.17) is 14.9 Å². The second kappa shape index (κ2) is 4.67. The summed E-state index contributed by atoms with van der Waals surface area (Å²) >= 11 is 0. The molecule has 0 aliphatic rings. The number of hydrogen-bond acceptors (Lipinski definition) is 3. The Morgan fingerprint density at radius 1 is 1.50 bits per heavy atom. The summed E-state index contributed by atoms with van der Waals surface area (Å²) in [5, 5.41) is 8.14. The van der Waals surface area contributed by atoms with Gasteiger partial charge in [-0.15, -0.1) is 0 Å². The Labute approximate surface area is 69.5 Å². The first-order chi connectivity index (χ1) is 5.33. The molecular formula is C4H9O6P2+. The van der Waals surface area contributed by atoms with Crippen molar-refractivity contribution in [3.63, 3.8) is 0 Å². The van der Waals surface area contributed by atoms with E-state index in [2.05, 4.69) is 0 Å². The van der Waals surface area contributed by atoms with Gasteiger partial charge in [-0.1, -0.05) is 0 Å². The molecule has 0 bridgehead atoms. The van der Waals surface area contributed by atoms with E-state index in [1.165, 1.54) is 0 Å². The number of carboxylic acids is 1. The molecule has 70 valence electrons. The molecule has 0 aliphatic heterocycles. The second-order valence-electron chi connectivity index (χ2n) is 2.21. The first kappa shape index (κ1) is 11.7. The molecule has 0 aromatic carbocycles. The number of carbonyl (C=O) groups is 1. The lowest BCUT2D eigenvalue weighted by atomic mass is 10.5. The first-order valence-corrected chi connectivity index (χ1v) is 6.42. The number of aliphatic carboxylic acids is 1. The molecular weight excluding hydrogens is 206 g/mol. The topological polar surface area (TPSA) is 112 Å². The Morgan fingerprint density at radius 2 is 2.00 bits per heavy atom. The van der Waals surface area contributed by atoms with Crippen molar-refractivity contribution >= 4 is 21.4 Å².